The van der Waals surface area contributed by atoms with Gasteiger partial charge in [0, 0.05) is 51.7 Å². The second-order valence-corrected chi connectivity index (χ2v) is 6.25. The Labute approximate surface area is 141 Å². The van der Waals surface area contributed by atoms with Crippen molar-refractivity contribution in [3.63, 3.8) is 0 Å². The number of nitrogens with one attached hydrogen (secondary N) is 2. The second kappa shape index (κ2) is 11.3. The molecule has 0 aromatic rings. The molecule has 1 fully saturated rings. The van der Waals surface area contributed by atoms with Crippen LogP contribution in [0.1, 0.15) is 47.0 Å². The normalized spacial score (nSPS) is 15.8. The van der Waals surface area contributed by atoms with E-state index in [1.807, 2.05) is 4.90 Å². The molecule has 134 valence electrons. The largest absolute Gasteiger partial charge is 0.357 e. The van der Waals surface area contributed by atoms with Gasteiger partial charge in [-0.1, -0.05) is 6.92 Å². The number of carbonyl (C=O) groups is 1. The van der Waals surface area contributed by atoms with Gasteiger partial charge in [0.1, 0.15) is 0 Å². The Morgan fingerprint density at radius 1 is 1.35 bits per heavy atom. The lowest BCUT2D eigenvalue weighted by atomic mass is 10.3. The lowest BCUT2D eigenvalue weighted by molar-refractivity contribution is -0.127. The zero-order valence-corrected chi connectivity index (χ0v) is 15.4. The van der Waals surface area contributed by atoms with Gasteiger partial charge >= 0.3 is 0 Å². The second-order valence-electron chi connectivity index (χ2n) is 6.25. The van der Waals surface area contributed by atoms with Crippen LogP contribution in [0.3, 0.4) is 0 Å². The molecule has 6 heteroatoms. The number of amides is 1. The summed E-state index contributed by atoms with van der Waals surface area (Å²) in [5.41, 5.74) is 0. The van der Waals surface area contributed by atoms with E-state index in [4.69, 9.17) is 0 Å². The van der Waals surface area contributed by atoms with Gasteiger partial charge in [0.15, 0.2) is 5.96 Å². The first-order valence-electron chi connectivity index (χ1n) is 9.12. The fraction of sp³-hybridized carbons (Fsp3) is 0.882. The number of aliphatic imine (C=N–C) groups is 1. The summed E-state index contributed by atoms with van der Waals surface area (Å²) in [6, 6.07) is 0.569. The van der Waals surface area contributed by atoms with E-state index in [2.05, 4.69) is 48.2 Å². The van der Waals surface area contributed by atoms with Crippen LogP contribution in [0.2, 0.25) is 0 Å². The number of likely N-dealkylation sites (N-methyl/N-ethyl adjacent to an activating group) is 1. The fourth-order valence-corrected chi connectivity index (χ4v) is 2.83. The Bertz CT molecular complexity index is 370. The molecule has 23 heavy (non-hydrogen) atoms. The van der Waals surface area contributed by atoms with E-state index < -0.39 is 0 Å². The highest BCUT2D eigenvalue weighted by atomic mass is 16.2. The first kappa shape index (κ1) is 19.7. The van der Waals surface area contributed by atoms with Crippen molar-refractivity contribution in [3.05, 3.63) is 0 Å². The molecule has 0 aromatic heterocycles. The number of hydrogen-bond acceptors (Lipinski definition) is 3. The third kappa shape index (κ3) is 7.68. The molecular formula is C17H35N5O. The van der Waals surface area contributed by atoms with Gasteiger partial charge in [0.25, 0.3) is 0 Å². The van der Waals surface area contributed by atoms with E-state index in [1.54, 1.807) is 0 Å². The van der Waals surface area contributed by atoms with Crippen LogP contribution in [0.25, 0.3) is 0 Å². The average molecular weight is 326 g/mol. The van der Waals surface area contributed by atoms with Crippen molar-refractivity contribution < 1.29 is 4.79 Å². The molecule has 0 atom stereocenters. The summed E-state index contributed by atoms with van der Waals surface area (Å²) in [5, 5.41) is 6.67. The van der Waals surface area contributed by atoms with Crippen LogP contribution in [-0.2, 0) is 4.79 Å². The Morgan fingerprint density at radius 3 is 2.70 bits per heavy atom. The van der Waals surface area contributed by atoms with E-state index in [0.717, 1.165) is 71.0 Å². The number of hydrogen-bond donors (Lipinski definition) is 2. The summed E-state index contributed by atoms with van der Waals surface area (Å²) < 4.78 is 0. The van der Waals surface area contributed by atoms with Crippen molar-refractivity contribution in [1.82, 2.24) is 20.4 Å². The molecule has 0 aromatic carbocycles. The van der Waals surface area contributed by atoms with Crippen LogP contribution in [0.15, 0.2) is 4.99 Å². The third-order valence-electron chi connectivity index (χ3n) is 4.20. The molecule has 1 heterocycles. The zero-order valence-electron chi connectivity index (χ0n) is 15.4. The van der Waals surface area contributed by atoms with Gasteiger partial charge in [-0.15, -0.1) is 0 Å². The molecule has 1 amide bonds. The van der Waals surface area contributed by atoms with E-state index in [0.29, 0.717) is 11.9 Å². The summed E-state index contributed by atoms with van der Waals surface area (Å²) in [4.78, 5) is 20.5. The Morgan fingerprint density at radius 2 is 2.13 bits per heavy atom. The minimum Gasteiger partial charge on any atom is -0.357 e. The summed E-state index contributed by atoms with van der Waals surface area (Å²) in [6.07, 6.45) is 2.66. The maximum absolute atomic E-state index is 11.6. The minimum atomic E-state index is 0.298. The SMILES string of the molecule is CCNC(=NCCCN1CCCC1=O)NCCN(CC)C(C)C. The van der Waals surface area contributed by atoms with Crippen molar-refractivity contribution in [2.24, 2.45) is 4.99 Å². The molecular weight excluding hydrogens is 290 g/mol. The molecule has 0 radical (unpaired) electrons. The number of likely N-dealkylation sites (tertiary alicyclic amines) is 1. The van der Waals surface area contributed by atoms with Crippen LogP contribution in [0, 0.1) is 0 Å². The summed E-state index contributed by atoms with van der Waals surface area (Å²) >= 11 is 0. The van der Waals surface area contributed by atoms with Gasteiger partial charge in [-0.25, -0.2) is 0 Å². The van der Waals surface area contributed by atoms with E-state index in [1.165, 1.54) is 0 Å². The molecule has 1 saturated heterocycles. The molecule has 0 aliphatic carbocycles. The summed E-state index contributed by atoms with van der Waals surface area (Å²) in [5.74, 6) is 1.17. The van der Waals surface area contributed by atoms with Crippen LogP contribution >= 0.6 is 0 Å². The van der Waals surface area contributed by atoms with Crippen molar-refractivity contribution in [2.75, 3.05) is 45.8 Å². The molecule has 2 N–H and O–H groups in total. The van der Waals surface area contributed by atoms with Gasteiger partial charge in [0.05, 0.1) is 0 Å². The minimum absolute atomic E-state index is 0.298. The van der Waals surface area contributed by atoms with Gasteiger partial charge in [0.2, 0.25) is 5.91 Å². The third-order valence-corrected chi connectivity index (χ3v) is 4.20. The number of carbonyl (C=O) groups excluding carboxylic acids is 1. The van der Waals surface area contributed by atoms with E-state index >= 15 is 0 Å². The predicted octanol–water partition coefficient (Wildman–Crippen LogP) is 1.28. The lowest BCUT2D eigenvalue weighted by Gasteiger charge is -2.25. The Balaban J connectivity index is 2.27. The maximum atomic E-state index is 11.6. The average Bonchev–Trinajstić information content (AvgIpc) is 2.92. The van der Waals surface area contributed by atoms with Crippen LogP contribution in [0.4, 0.5) is 0 Å². The fourth-order valence-electron chi connectivity index (χ4n) is 2.83. The van der Waals surface area contributed by atoms with Gasteiger partial charge in [-0.05, 0) is 40.2 Å². The monoisotopic (exact) mass is 325 g/mol. The first-order chi connectivity index (χ1) is 11.1. The van der Waals surface area contributed by atoms with Crippen molar-refractivity contribution >= 4 is 11.9 Å². The smallest absolute Gasteiger partial charge is 0.222 e. The molecule has 1 aliphatic heterocycles. The van der Waals surface area contributed by atoms with Crippen LogP contribution in [-0.4, -0.2) is 73.5 Å². The van der Waals surface area contributed by atoms with E-state index in [-0.39, 0.29) is 0 Å². The summed E-state index contributed by atoms with van der Waals surface area (Å²) in [6.45, 7) is 15.1. The van der Waals surface area contributed by atoms with Gasteiger partial charge in [-0.3, -0.25) is 14.7 Å². The number of nitrogens with zero attached hydrogens (tertiary/aromatic N) is 3. The Kier molecular flexibility index (Phi) is 9.67. The first-order valence-corrected chi connectivity index (χ1v) is 9.12. The van der Waals surface area contributed by atoms with Crippen molar-refractivity contribution in [2.45, 2.75) is 53.0 Å². The highest BCUT2D eigenvalue weighted by Crippen LogP contribution is 2.09. The molecule has 0 spiro atoms. The van der Waals surface area contributed by atoms with Gasteiger partial charge < -0.3 is 15.5 Å². The molecule has 6 nitrogen and oxygen atoms in total. The van der Waals surface area contributed by atoms with Crippen molar-refractivity contribution in [1.29, 1.82) is 0 Å². The number of rotatable bonds is 10. The molecule has 1 aliphatic rings. The highest BCUT2D eigenvalue weighted by molar-refractivity contribution is 5.79. The van der Waals surface area contributed by atoms with Crippen LogP contribution in [0.5, 0.6) is 0 Å². The Hall–Kier alpha value is -1.30. The van der Waals surface area contributed by atoms with Crippen molar-refractivity contribution in [3.8, 4) is 0 Å². The maximum Gasteiger partial charge on any atom is 0.222 e. The topological polar surface area (TPSA) is 60.0 Å². The lowest BCUT2D eigenvalue weighted by Crippen LogP contribution is -2.43. The standard InChI is InChI=1S/C17H35N5O/c1-5-18-17(20-11-14-21(6-2)15(3)4)19-10-8-13-22-12-7-9-16(22)23/h15H,5-14H2,1-4H3,(H2,18,19,20). The molecule has 0 bridgehead atoms. The highest BCUT2D eigenvalue weighted by Gasteiger charge is 2.18. The van der Waals surface area contributed by atoms with Crippen LogP contribution < -0.4 is 10.6 Å². The quantitative estimate of drug-likeness (QED) is 0.361. The summed E-state index contributed by atoms with van der Waals surface area (Å²) in [7, 11) is 0. The number of guanidine groups is 1. The van der Waals surface area contributed by atoms with E-state index in [9.17, 15) is 4.79 Å². The molecule has 0 saturated carbocycles. The zero-order chi connectivity index (χ0) is 17.1. The molecule has 0 unspecified atom stereocenters. The molecule has 1 rings (SSSR count). The van der Waals surface area contributed by atoms with Gasteiger partial charge in [-0.2, -0.15) is 0 Å². The predicted molar refractivity (Wildman–Crippen MR) is 96.8 cm³/mol.